The molecule has 2 aliphatic rings. The lowest BCUT2D eigenvalue weighted by atomic mass is 10.0. The zero-order valence-corrected chi connectivity index (χ0v) is 20.4. The third-order valence-electron chi connectivity index (χ3n) is 6.33. The van der Waals surface area contributed by atoms with E-state index < -0.39 is 5.60 Å². The maximum Gasteiger partial charge on any atom is 0.410 e. The van der Waals surface area contributed by atoms with E-state index in [-0.39, 0.29) is 6.09 Å². The summed E-state index contributed by atoms with van der Waals surface area (Å²) >= 11 is 3.53. The van der Waals surface area contributed by atoms with Gasteiger partial charge in [0.25, 0.3) is 0 Å². The number of carbonyl (C=O) groups excluding carboxylic acids is 1. The number of rotatable bonds is 3. The van der Waals surface area contributed by atoms with Gasteiger partial charge in [-0.05, 0) is 56.9 Å². The molecular weight excluding hydrogens is 468 g/mol. The lowest BCUT2D eigenvalue weighted by molar-refractivity contribution is 0.0274. The van der Waals surface area contributed by atoms with Gasteiger partial charge in [-0.2, -0.15) is 0 Å². The number of carbonyl (C=O) groups is 1. The predicted octanol–water partition coefficient (Wildman–Crippen LogP) is 5.06. The fourth-order valence-corrected chi connectivity index (χ4v) is 5.21. The average Bonchev–Trinajstić information content (AvgIpc) is 3.39. The Morgan fingerprint density at radius 1 is 1.06 bits per heavy atom. The van der Waals surface area contributed by atoms with E-state index in [1.165, 1.54) is 5.69 Å². The van der Waals surface area contributed by atoms with Crippen LogP contribution in [0.15, 0.2) is 53.1 Å². The third-order valence-corrected chi connectivity index (χ3v) is 6.86. The number of imidazole rings is 1. The Kier molecular flexibility index (Phi) is 5.50. The summed E-state index contributed by atoms with van der Waals surface area (Å²) in [6.45, 7) is 10.1. The molecule has 0 spiro atoms. The van der Waals surface area contributed by atoms with Crippen molar-refractivity contribution in [3.63, 3.8) is 0 Å². The van der Waals surface area contributed by atoms with Crippen LogP contribution in [0.5, 0.6) is 0 Å². The zero-order valence-electron chi connectivity index (χ0n) is 18.8. The maximum atomic E-state index is 12.5. The van der Waals surface area contributed by atoms with Crippen molar-refractivity contribution < 1.29 is 9.53 Å². The van der Waals surface area contributed by atoms with E-state index in [0.29, 0.717) is 11.8 Å². The summed E-state index contributed by atoms with van der Waals surface area (Å²) in [5.74, 6) is 0.996. The number of ether oxygens (including phenoxy) is 1. The number of fused-ring (bicyclic) bond motifs is 2. The molecule has 2 unspecified atom stereocenters. The summed E-state index contributed by atoms with van der Waals surface area (Å²) in [5.41, 5.74) is 3.90. The highest BCUT2D eigenvalue weighted by atomic mass is 79.9. The van der Waals surface area contributed by atoms with Gasteiger partial charge in [-0.15, -0.1) is 0 Å². The molecule has 2 aromatic heterocycles. The minimum atomic E-state index is -0.451. The quantitative estimate of drug-likeness (QED) is 0.508. The minimum Gasteiger partial charge on any atom is -0.444 e. The van der Waals surface area contributed by atoms with Crippen LogP contribution in [0.1, 0.15) is 26.5 Å². The van der Waals surface area contributed by atoms with Crippen LogP contribution in [0.25, 0.3) is 16.9 Å². The van der Waals surface area contributed by atoms with Crippen molar-refractivity contribution in [3.8, 4) is 11.3 Å². The molecule has 7 heteroatoms. The molecular formula is C25H29BrN4O2. The Hall–Kier alpha value is -2.38. The van der Waals surface area contributed by atoms with E-state index in [9.17, 15) is 4.79 Å². The van der Waals surface area contributed by atoms with Gasteiger partial charge in [0, 0.05) is 49.0 Å². The number of benzene rings is 1. The van der Waals surface area contributed by atoms with Gasteiger partial charge in [-0.1, -0.05) is 34.1 Å². The lowest BCUT2D eigenvalue weighted by Crippen LogP contribution is -2.37. The molecule has 1 amide bonds. The number of aromatic nitrogens is 2. The highest BCUT2D eigenvalue weighted by Crippen LogP contribution is 2.34. The molecule has 2 aliphatic heterocycles. The molecule has 1 aromatic carbocycles. The molecule has 2 atom stereocenters. The Labute approximate surface area is 197 Å². The first-order chi connectivity index (χ1) is 15.3. The highest BCUT2D eigenvalue weighted by molar-refractivity contribution is 9.10. The summed E-state index contributed by atoms with van der Waals surface area (Å²) < 4.78 is 8.85. The first kappa shape index (κ1) is 21.5. The van der Waals surface area contributed by atoms with Crippen LogP contribution in [-0.4, -0.2) is 57.1 Å². The van der Waals surface area contributed by atoms with E-state index in [1.807, 2.05) is 31.7 Å². The van der Waals surface area contributed by atoms with Crippen molar-refractivity contribution >= 4 is 27.7 Å². The zero-order chi connectivity index (χ0) is 22.5. The van der Waals surface area contributed by atoms with Crippen LogP contribution in [-0.2, 0) is 11.3 Å². The largest absolute Gasteiger partial charge is 0.444 e. The standard InChI is InChI=1S/C25H29BrN4O2/c1-25(2,3)32-24(31)29-14-18-12-28(13-19(18)15-29)16-21-23(17-7-9-20(26)10-8-17)27-22-6-4-5-11-30(21)22/h4-11,18-19H,12-16H2,1-3H3. The summed E-state index contributed by atoms with van der Waals surface area (Å²) in [7, 11) is 0. The van der Waals surface area contributed by atoms with E-state index in [2.05, 4.69) is 67.8 Å². The number of hydrogen-bond donors (Lipinski definition) is 0. The summed E-state index contributed by atoms with van der Waals surface area (Å²) in [6, 6.07) is 14.5. The van der Waals surface area contributed by atoms with E-state index in [0.717, 1.165) is 54.1 Å². The van der Waals surface area contributed by atoms with Crippen molar-refractivity contribution in [2.24, 2.45) is 11.8 Å². The smallest absolute Gasteiger partial charge is 0.410 e. The van der Waals surface area contributed by atoms with E-state index >= 15 is 0 Å². The monoisotopic (exact) mass is 496 g/mol. The number of hydrogen-bond acceptors (Lipinski definition) is 4. The lowest BCUT2D eigenvalue weighted by Gasteiger charge is -2.26. The van der Waals surface area contributed by atoms with Gasteiger partial charge >= 0.3 is 6.09 Å². The van der Waals surface area contributed by atoms with Crippen molar-refractivity contribution in [3.05, 3.63) is 58.8 Å². The third kappa shape index (κ3) is 4.28. The molecule has 4 heterocycles. The molecule has 6 nitrogen and oxygen atoms in total. The highest BCUT2D eigenvalue weighted by Gasteiger charge is 2.42. The molecule has 168 valence electrons. The predicted molar refractivity (Wildman–Crippen MR) is 128 cm³/mol. The number of likely N-dealkylation sites (tertiary alicyclic amines) is 2. The Bertz CT molecular complexity index is 1120. The number of halogens is 1. The second kappa shape index (κ2) is 8.19. The Morgan fingerprint density at radius 2 is 1.75 bits per heavy atom. The van der Waals surface area contributed by atoms with Crippen LogP contribution in [0, 0.1) is 11.8 Å². The summed E-state index contributed by atoms with van der Waals surface area (Å²) in [5, 5.41) is 0. The molecule has 2 fully saturated rings. The SMILES string of the molecule is CC(C)(C)OC(=O)N1CC2CN(Cc3c(-c4ccc(Br)cc4)nc4ccccn34)CC2C1. The second-order valence-electron chi connectivity index (χ2n) is 9.94. The molecule has 3 aromatic rings. The van der Waals surface area contributed by atoms with Crippen LogP contribution < -0.4 is 0 Å². The topological polar surface area (TPSA) is 50.1 Å². The van der Waals surface area contributed by atoms with Gasteiger partial charge in [0.1, 0.15) is 11.2 Å². The van der Waals surface area contributed by atoms with Gasteiger partial charge in [0.15, 0.2) is 0 Å². The van der Waals surface area contributed by atoms with Gasteiger partial charge in [-0.3, -0.25) is 4.90 Å². The van der Waals surface area contributed by atoms with Crippen molar-refractivity contribution in [2.45, 2.75) is 32.9 Å². The van der Waals surface area contributed by atoms with Crippen LogP contribution in [0.4, 0.5) is 4.79 Å². The number of nitrogens with zero attached hydrogens (tertiary/aromatic N) is 4. The molecule has 32 heavy (non-hydrogen) atoms. The fourth-order valence-electron chi connectivity index (χ4n) is 4.94. The minimum absolute atomic E-state index is 0.183. The number of amides is 1. The Balaban J connectivity index is 1.33. The van der Waals surface area contributed by atoms with Crippen LogP contribution in [0.2, 0.25) is 0 Å². The maximum absolute atomic E-state index is 12.5. The average molecular weight is 497 g/mol. The van der Waals surface area contributed by atoms with Crippen molar-refractivity contribution in [1.82, 2.24) is 19.2 Å². The first-order valence-corrected chi connectivity index (χ1v) is 12.0. The van der Waals surface area contributed by atoms with Gasteiger partial charge in [0.05, 0.1) is 11.4 Å². The normalized spacial score (nSPS) is 21.3. The van der Waals surface area contributed by atoms with Crippen molar-refractivity contribution in [1.29, 1.82) is 0 Å². The van der Waals surface area contributed by atoms with Gasteiger partial charge in [-0.25, -0.2) is 9.78 Å². The first-order valence-electron chi connectivity index (χ1n) is 11.2. The van der Waals surface area contributed by atoms with Crippen molar-refractivity contribution in [2.75, 3.05) is 26.2 Å². The number of pyridine rings is 1. The molecule has 0 N–H and O–H groups in total. The fraction of sp³-hybridized carbons (Fsp3) is 0.440. The molecule has 0 saturated carbocycles. The Morgan fingerprint density at radius 3 is 2.41 bits per heavy atom. The van der Waals surface area contributed by atoms with E-state index in [1.54, 1.807) is 0 Å². The van der Waals surface area contributed by atoms with Gasteiger partial charge < -0.3 is 14.0 Å². The van der Waals surface area contributed by atoms with Crippen LogP contribution in [0.3, 0.4) is 0 Å². The molecule has 0 radical (unpaired) electrons. The summed E-state index contributed by atoms with van der Waals surface area (Å²) in [6.07, 6.45) is 1.92. The molecule has 0 aliphatic carbocycles. The summed E-state index contributed by atoms with van der Waals surface area (Å²) in [4.78, 5) is 21.8. The van der Waals surface area contributed by atoms with Crippen LogP contribution >= 0.6 is 15.9 Å². The second-order valence-corrected chi connectivity index (χ2v) is 10.9. The van der Waals surface area contributed by atoms with E-state index in [4.69, 9.17) is 9.72 Å². The molecule has 0 bridgehead atoms. The molecule has 5 rings (SSSR count). The molecule has 2 saturated heterocycles. The van der Waals surface area contributed by atoms with Gasteiger partial charge in [0.2, 0.25) is 0 Å².